The van der Waals surface area contributed by atoms with Crippen molar-refractivity contribution in [2.24, 2.45) is 0 Å². The molecule has 1 aliphatic rings. The van der Waals surface area contributed by atoms with E-state index in [1.807, 2.05) is 44.2 Å². The molecular weight excluding hydrogens is 486 g/mol. The summed E-state index contributed by atoms with van der Waals surface area (Å²) in [6, 6.07) is 14.0. The predicted molar refractivity (Wildman–Crippen MR) is 151 cm³/mol. The van der Waals surface area contributed by atoms with Gasteiger partial charge in [-0.15, -0.1) is 11.3 Å². The topological polar surface area (TPSA) is 83.0 Å². The highest BCUT2D eigenvalue weighted by Crippen LogP contribution is 2.42. The molecule has 4 aromatic rings. The van der Waals surface area contributed by atoms with E-state index >= 15 is 0 Å². The number of likely N-dealkylation sites (N-methyl/N-ethyl adjacent to an activating group) is 1. The summed E-state index contributed by atoms with van der Waals surface area (Å²) in [6.45, 7) is 8.02. The van der Waals surface area contributed by atoms with Crippen LogP contribution in [0.4, 0.5) is 17.3 Å². The number of methoxy groups -OCH3 is 1. The SMILES string of the molecule is COc1ccccc1-c1c(CO)sc2cnc(Nc3ccc(N4CCN(C)CC4)cc3OC(C)C)nc12. The maximum absolute atomic E-state index is 10.1. The van der Waals surface area contributed by atoms with Crippen molar-refractivity contribution in [3.63, 3.8) is 0 Å². The van der Waals surface area contributed by atoms with Gasteiger partial charge in [-0.1, -0.05) is 18.2 Å². The third-order valence-corrected chi connectivity index (χ3v) is 7.56. The summed E-state index contributed by atoms with van der Waals surface area (Å²) in [6.07, 6.45) is 1.82. The van der Waals surface area contributed by atoms with Crippen LogP contribution < -0.4 is 19.7 Å². The molecule has 0 spiro atoms. The lowest BCUT2D eigenvalue weighted by molar-refractivity contribution is 0.243. The molecule has 0 atom stereocenters. The minimum absolute atomic E-state index is 0.0211. The Morgan fingerprint density at radius 1 is 1.08 bits per heavy atom. The van der Waals surface area contributed by atoms with Crippen LogP contribution >= 0.6 is 11.3 Å². The zero-order chi connectivity index (χ0) is 25.9. The molecular formula is C28H33N5O3S. The van der Waals surface area contributed by atoms with Crippen molar-refractivity contribution >= 4 is 38.9 Å². The number of piperazine rings is 1. The van der Waals surface area contributed by atoms with Crippen LogP contribution in [0.2, 0.25) is 0 Å². The number of aromatic nitrogens is 2. The van der Waals surface area contributed by atoms with Crippen LogP contribution in [0.25, 0.3) is 21.3 Å². The molecule has 1 aliphatic heterocycles. The smallest absolute Gasteiger partial charge is 0.227 e. The van der Waals surface area contributed by atoms with Gasteiger partial charge in [0.25, 0.3) is 0 Å². The first kappa shape index (κ1) is 25.3. The van der Waals surface area contributed by atoms with Gasteiger partial charge in [0.05, 0.1) is 41.9 Å². The minimum atomic E-state index is -0.0860. The summed E-state index contributed by atoms with van der Waals surface area (Å²) >= 11 is 1.49. The number of aliphatic hydroxyl groups excluding tert-OH is 1. The number of anilines is 3. The van der Waals surface area contributed by atoms with E-state index < -0.39 is 0 Å². The van der Waals surface area contributed by atoms with Crippen LogP contribution in [0.1, 0.15) is 18.7 Å². The first-order valence-corrected chi connectivity index (χ1v) is 13.3. The van der Waals surface area contributed by atoms with Crippen LogP contribution in [-0.4, -0.2) is 66.4 Å². The number of para-hydroxylation sites is 1. The van der Waals surface area contributed by atoms with Gasteiger partial charge in [-0.25, -0.2) is 9.97 Å². The van der Waals surface area contributed by atoms with Crippen LogP contribution in [0.15, 0.2) is 48.7 Å². The lowest BCUT2D eigenvalue weighted by atomic mass is 10.0. The number of benzene rings is 2. The molecule has 0 aliphatic carbocycles. The zero-order valence-electron chi connectivity index (χ0n) is 21.7. The maximum atomic E-state index is 10.1. The van der Waals surface area contributed by atoms with Crippen molar-refractivity contribution in [3.8, 4) is 22.6 Å². The highest BCUT2D eigenvalue weighted by Gasteiger charge is 2.20. The summed E-state index contributed by atoms with van der Waals surface area (Å²) in [4.78, 5) is 15.0. The van der Waals surface area contributed by atoms with Gasteiger partial charge in [-0.2, -0.15) is 0 Å². The Morgan fingerprint density at radius 3 is 2.59 bits per heavy atom. The second kappa shape index (κ2) is 10.9. The van der Waals surface area contributed by atoms with Crippen molar-refractivity contribution < 1.29 is 14.6 Å². The van der Waals surface area contributed by atoms with Gasteiger partial charge in [-0.3, -0.25) is 0 Å². The zero-order valence-corrected chi connectivity index (χ0v) is 22.5. The van der Waals surface area contributed by atoms with Gasteiger partial charge in [0.15, 0.2) is 0 Å². The molecule has 5 rings (SSSR count). The molecule has 0 bridgehead atoms. The van der Waals surface area contributed by atoms with Crippen molar-refractivity contribution in [1.29, 1.82) is 0 Å². The molecule has 3 heterocycles. The minimum Gasteiger partial charge on any atom is -0.496 e. The Hall–Kier alpha value is -3.40. The largest absolute Gasteiger partial charge is 0.496 e. The third-order valence-electron chi connectivity index (χ3n) is 6.47. The molecule has 0 saturated carbocycles. The third kappa shape index (κ3) is 5.34. The van der Waals surface area contributed by atoms with E-state index in [-0.39, 0.29) is 12.7 Å². The van der Waals surface area contributed by atoms with Gasteiger partial charge in [0.2, 0.25) is 5.95 Å². The second-order valence-electron chi connectivity index (χ2n) is 9.43. The van der Waals surface area contributed by atoms with Gasteiger partial charge in [-0.05, 0) is 39.1 Å². The molecule has 0 radical (unpaired) electrons. The summed E-state index contributed by atoms with van der Waals surface area (Å²) in [5, 5.41) is 13.5. The molecule has 0 amide bonds. The normalized spacial score (nSPS) is 14.4. The number of hydrogen-bond acceptors (Lipinski definition) is 9. The van der Waals surface area contributed by atoms with Crippen molar-refractivity contribution in [2.75, 3.05) is 50.6 Å². The number of fused-ring (bicyclic) bond motifs is 1. The van der Waals surface area contributed by atoms with E-state index in [9.17, 15) is 5.11 Å². The summed E-state index contributed by atoms with van der Waals surface area (Å²) < 4.78 is 12.7. The number of rotatable bonds is 8. The van der Waals surface area contributed by atoms with Crippen LogP contribution in [-0.2, 0) is 6.61 Å². The quantitative estimate of drug-likeness (QED) is 0.331. The number of aliphatic hydroxyl groups is 1. The van der Waals surface area contributed by atoms with Crippen molar-refractivity contribution in [1.82, 2.24) is 14.9 Å². The Bertz CT molecular complexity index is 1380. The van der Waals surface area contributed by atoms with E-state index in [4.69, 9.17) is 14.5 Å². The average molecular weight is 520 g/mol. The number of nitrogens with one attached hydrogen (secondary N) is 1. The summed E-state index contributed by atoms with van der Waals surface area (Å²) in [5.74, 6) is 1.96. The molecule has 1 fully saturated rings. The molecule has 8 nitrogen and oxygen atoms in total. The Balaban J connectivity index is 1.51. The van der Waals surface area contributed by atoms with E-state index in [0.717, 1.165) is 75.3 Å². The molecule has 0 unspecified atom stereocenters. The molecule has 1 saturated heterocycles. The first-order valence-electron chi connectivity index (χ1n) is 12.5. The number of thiophene rings is 1. The standard InChI is InChI=1S/C28H33N5O3S/c1-18(2)36-23-15-19(33-13-11-32(3)12-14-33)9-10-21(23)30-28-29-16-24-27(31-28)26(25(17-34)37-24)20-7-5-6-8-22(20)35-4/h5-10,15-16,18,34H,11-14,17H2,1-4H3,(H,29,30,31). The van der Waals surface area contributed by atoms with Crippen LogP contribution in [0, 0.1) is 0 Å². The van der Waals surface area contributed by atoms with E-state index in [0.29, 0.717) is 5.95 Å². The first-order chi connectivity index (χ1) is 18.0. The van der Waals surface area contributed by atoms with Gasteiger partial charge in [0, 0.05) is 53.9 Å². The monoisotopic (exact) mass is 519 g/mol. The van der Waals surface area contributed by atoms with Crippen molar-refractivity contribution in [3.05, 3.63) is 53.5 Å². The van der Waals surface area contributed by atoms with Gasteiger partial charge in [0.1, 0.15) is 11.5 Å². The average Bonchev–Trinajstić information content (AvgIpc) is 3.27. The molecule has 2 aromatic carbocycles. The fourth-order valence-electron chi connectivity index (χ4n) is 4.59. The molecule has 2 aromatic heterocycles. The summed E-state index contributed by atoms with van der Waals surface area (Å²) in [5.41, 5.74) is 4.49. The highest BCUT2D eigenvalue weighted by atomic mass is 32.1. The lowest BCUT2D eigenvalue weighted by Crippen LogP contribution is -2.44. The number of nitrogens with zero attached hydrogens (tertiary/aromatic N) is 4. The maximum Gasteiger partial charge on any atom is 0.227 e. The number of hydrogen-bond donors (Lipinski definition) is 2. The van der Waals surface area contributed by atoms with Gasteiger partial charge < -0.3 is 29.7 Å². The van der Waals surface area contributed by atoms with Crippen molar-refractivity contribution in [2.45, 2.75) is 26.6 Å². The van der Waals surface area contributed by atoms with Crippen LogP contribution in [0.3, 0.4) is 0 Å². The molecule has 9 heteroatoms. The van der Waals surface area contributed by atoms with Gasteiger partial charge >= 0.3 is 0 Å². The predicted octanol–water partition coefficient (Wildman–Crippen LogP) is 5.14. The van der Waals surface area contributed by atoms with E-state index in [2.05, 4.69) is 39.3 Å². The fourth-order valence-corrected chi connectivity index (χ4v) is 5.58. The molecule has 37 heavy (non-hydrogen) atoms. The van der Waals surface area contributed by atoms with Crippen LogP contribution in [0.5, 0.6) is 11.5 Å². The molecule has 2 N–H and O–H groups in total. The van der Waals surface area contributed by atoms with E-state index in [1.165, 1.54) is 11.3 Å². The Labute approximate surface area is 221 Å². The summed E-state index contributed by atoms with van der Waals surface area (Å²) in [7, 11) is 3.81. The second-order valence-corrected chi connectivity index (χ2v) is 10.6. The Kier molecular flexibility index (Phi) is 7.45. The highest BCUT2D eigenvalue weighted by molar-refractivity contribution is 7.19. The lowest BCUT2D eigenvalue weighted by Gasteiger charge is -2.34. The number of ether oxygens (including phenoxy) is 2. The molecule has 194 valence electrons. The van der Waals surface area contributed by atoms with E-state index in [1.54, 1.807) is 13.3 Å². The Morgan fingerprint density at radius 2 is 1.86 bits per heavy atom. The fraction of sp³-hybridized carbons (Fsp3) is 0.357.